The van der Waals surface area contributed by atoms with E-state index in [4.69, 9.17) is 14.2 Å². The molecule has 6 nitrogen and oxygen atoms in total. The first-order valence-corrected chi connectivity index (χ1v) is 28.8. The molecule has 0 heterocycles. The second kappa shape index (κ2) is 58.9. The molecule has 1 unspecified atom stereocenters. The smallest absolute Gasteiger partial charge is 0.306 e. The largest absolute Gasteiger partial charge is 0.462 e. The van der Waals surface area contributed by atoms with Crippen molar-refractivity contribution in [1.29, 1.82) is 0 Å². The Morgan fingerprint density at radius 1 is 0.292 bits per heavy atom. The van der Waals surface area contributed by atoms with Crippen molar-refractivity contribution < 1.29 is 28.6 Å². The van der Waals surface area contributed by atoms with E-state index in [1.807, 2.05) is 12.2 Å². The zero-order valence-corrected chi connectivity index (χ0v) is 46.1. The van der Waals surface area contributed by atoms with Crippen molar-refractivity contribution >= 4 is 17.9 Å². The van der Waals surface area contributed by atoms with Crippen LogP contribution in [0.5, 0.6) is 0 Å². The fraction of sp³-hybridized carbons (Fsp3) is 0.591. The van der Waals surface area contributed by atoms with Crippen molar-refractivity contribution in [1.82, 2.24) is 0 Å². The number of esters is 3. The Kier molecular flexibility index (Phi) is 55.0. The van der Waals surface area contributed by atoms with E-state index in [1.165, 1.54) is 64.2 Å². The van der Waals surface area contributed by atoms with Crippen LogP contribution in [-0.2, 0) is 28.6 Å². The van der Waals surface area contributed by atoms with E-state index in [0.717, 1.165) is 122 Å². The lowest BCUT2D eigenvalue weighted by Crippen LogP contribution is -2.30. The van der Waals surface area contributed by atoms with E-state index in [-0.39, 0.29) is 31.6 Å². The highest BCUT2D eigenvalue weighted by Gasteiger charge is 2.19. The summed E-state index contributed by atoms with van der Waals surface area (Å²) in [5, 5.41) is 0. The van der Waals surface area contributed by atoms with Crippen LogP contribution in [0.25, 0.3) is 0 Å². The molecule has 0 saturated carbocycles. The van der Waals surface area contributed by atoms with Crippen LogP contribution in [0.2, 0.25) is 0 Å². The molecule has 0 amide bonds. The Bertz CT molecular complexity index is 1610. The van der Waals surface area contributed by atoms with Gasteiger partial charge in [0.05, 0.1) is 0 Å². The van der Waals surface area contributed by atoms with Gasteiger partial charge in [0.15, 0.2) is 6.10 Å². The summed E-state index contributed by atoms with van der Waals surface area (Å²) in [6, 6.07) is 0. The highest BCUT2D eigenvalue weighted by atomic mass is 16.6. The Hall–Kier alpha value is -4.71. The van der Waals surface area contributed by atoms with Crippen LogP contribution >= 0.6 is 0 Å². The molecule has 0 N–H and O–H groups in total. The fourth-order valence-corrected chi connectivity index (χ4v) is 7.35. The van der Waals surface area contributed by atoms with Gasteiger partial charge in [0, 0.05) is 19.3 Å². The first-order valence-electron chi connectivity index (χ1n) is 28.8. The summed E-state index contributed by atoms with van der Waals surface area (Å²) in [5.41, 5.74) is 0. The summed E-state index contributed by atoms with van der Waals surface area (Å²) in [5.74, 6) is -1.02. The molecule has 0 bridgehead atoms. The lowest BCUT2D eigenvalue weighted by atomic mass is 10.1. The zero-order valence-electron chi connectivity index (χ0n) is 46.1. The van der Waals surface area contributed by atoms with Gasteiger partial charge >= 0.3 is 17.9 Å². The van der Waals surface area contributed by atoms with Gasteiger partial charge in [-0.15, -0.1) is 0 Å². The minimum atomic E-state index is -0.821. The van der Waals surface area contributed by atoms with E-state index >= 15 is 0 Å². The second-order valence-electron chi connectivity index (χ2n) is 18.4. The van der Waals surface area contributed by atoms with Crippen LogP contribution in [0, 0.1) is 0 Å². The molecule has 0 radical (unpaired) electrons. The first-order chi connectivity index (χ1) is 35.5. The molecule has 0 aliphatic rings. The molecule has 0 saturated heterocycles. The monoisotopic (exact) mass is 993 g/mol. The number of ether oxygens (including phenoxy) is 3. The van der Waals surface area contributed by atoms with Crippen LogP contribution in [-0.4, -0.2) is 37.2 Å². The zero-order chi connectivity index (χ0) is 52.2. The van der Waals surface area contributed by atoms with Crippen LogP contribution in [0.3, 0.4) is 0 Å². The number of rotatable bonds is 50. The topological polar surface area (TPSA) is 78.9 Å². The number of carbonyl (C=O) groups excluding carboxylic acids is 3. The Morgan fingerprint density at radius 3 is 0.903 bits per heavy atom. The first kappa shape index (κ1) is 67.3. The molecular weight excluding hydrogens is 889 g/mol. The molecule has 0 spiro atoms. The maximum atomic E-state index is 12.7. The third-order valence-corrected chi connectivity index (χ3v) is 11.6. The van der Waals surface area contributed by atoms with Gasteiger partial charge in [-0.3, -0.25) is 14.4 Å². The van der Waals surface area contributed by atoms with Gasteiger partial charge in [0.1, 0.15) is 13.2 Å². The van der Waals surface area contributed by atoms with Crippen molar-refractivity contribution in [3.63, 3.8) is 0 Å². The summed E-state index contributed by atoms with van der Waals surface area (Å²) < 4.78 is 16.7. The summed E-state index contributed by atoms with van der Waals surface area (Å²) in [6.07, 6.45) is 84.5. The molecule has 0 fully saturated rings. The number of carbonyl (C=O) groups is 3. The number of hydrogen-bond donors (Lipinski definition) is 0. The van der Waals surface area contributed by atoms with E-state index in [1.54, 1.807) is 0 Å². The molecule has 1 atom stereocenters. The molecule has 0 aromatic rings. The number of unbranched alkanes of at least 4 members (excludes halogenated alkanes) is 15. The predicted molar refractivity (Wildman–Crippen MR) is 311 cm³/mol. The van der Waals surface area contributed by atoms with Crippen LogP contribution < -0.4 is 0 Å². The standard InChI is InChI=1S/C66H104O6/c1-4-7-10-13-16-19-21-23-24-25-26-27-28-29-30-31-32-33-34-35-36-37-38-39-40-41-42-44-45-47-50-53-56-59-65(68)71-62-63(61-70-64(67)58-55-52-49-18-15-12-9-6-3)72-66(69)60-57-54-51-48-46-43-22-20-17-14-11-8-5-2/h7-8,10-11,16-17,19-20,23-24,26-27,29-30,32-33,35-36,38-39,43,46,51,54,63H,4-6,9,12-15,18,21-22,25,28,31,34,37,40-42,44-45,47-50,52-53,55-62H2,1-3H3/b10-7-,11-8-,19-16-,20-17-,24-23-,27-26-,30-29-,33-32-,36-35-,39-38-,46-43-,54-51-. The quantitative estimate of drug-likeness (QED) is 0.0261. The average Bonchev–Trinajstić information content (AvgIpc) is 3.38. The SMILES string of the molecule is CC/C=C\C/C=C\C/C=C\C/C=C\C/C=C\C/C=C\C/C=C\C/C=C\CCCCCCCCCCC(=O)OCC(COC(=O)CCCCCCCCCC)OC(=O)CC/C=C\C/C=C\C/C=C\C/C=C\CC. The summed E-state index contributed by atoms with van der Waals surface area (Å²) in [4.78, 5) is 37.9. The normalized spacial score (nSPS) is 13.2. The van der Waals surface area contributed by atoms with E-state index < -0.39 is 12.1 Å². The summed E-state index contributed by atoms with van der Waals surface area (Å²) >= 11 is 0. The molecular formula is C66H104O6. The van der Waals surface area contributed by atoms with Crippen LogP contribution in [0.15, 0.2) is 146 Å². The minimum absolute atomic E-state index is 0.112. The molecule has 0 aliphatic carbocycles. The molecule has 0 aromatic heterocycles. The summed E-state index contributed by atoms with van der Waals surface area (Å²) in [6.45, 7) is 6.29. The average molecular weight is 994 g/mol. The second-order valence-corrected chi connectivity index (χ2v) is 18.4. The van der Waals surface area contributed by atoms with E-state index in [9.17, 15) is 14.4 Å². The highest BCUT2D eigenvalue weighted by molar-refractivity contribution is 5.71. The van der Waals surface area contributed by atoms with Gasteiger partial charge in [0.25, 0.3) is 0 Å². The van der Waals surface area contributed by atoms with Crippen molar-refractivity contribution in [3.05, 3.63) is 146 Å². The van der Waals surface area contributed by atoms with Crippen molar-refractivity contribution in [2.75, 3.05) is 13.2 Å². The summed E-state index contributed by atoms with van der Waals surface area (Å²) in [7, 11) is 0. The lowest BCUT2D eigenvalue weighted by molar-refractivity contribution is -0.166. The molecule has 0 aliphatic heterocycles. The maximum absolute atomic E-state index is 12.7. The number of allylic oxidation sites excluding steroid dienone is 24. The van der Waals surface area contributed by atoms with Gasteiger partial charge in [-0.1, -0.05) is 250 Å². The molecule has 72 heavy (non-hydrogen) atoms. The van der Waals surface area contributed by atoms with Gasteiger partial charge in [-0.2, -0.15) is 0 Å². The maximum Gasteiger partial charge on any atom is 0.306 e. The van der Waals surface area contributed by atoms with Crippen molar-refractivity contribution in [3.8, 4) is 0 Å². The minimum Gasteiger partial charge on any atom is -0.462 e. The third kappa shape index (κ3) is 56.2. The Labute approximate surface area is 442 Å². The lowest BCUT2D eigenvalue weighted by Gasteiger charge is -2.18. The van der Waals surface area contributed by atoms with Crippen molar-refractivity contribution in [2.45, 2.75) is 239 Å². The van der Waals surface area contributed by atoms with E-state index in [2.05, 4.69) is 154 Å². The van der Waals surface area contributed by atoms with Gasteiger partial charge in [-0.05, 0) is 109 Å². The van der Waals surface area contributed by atoms with Gasteiger partial charge in [0.2, 0.25) is 0 Å². The fourth-order valence-electron chi connectivity index (χ4n) is 7.35. The molecule has 0 aromatic carbocycles. The van der Waals surface area contributed by atoms with Crippen molar-refractivity contribution in [2.24, 2.45) is 0 Å². The highest BCUT2D eigenvalue weighted by Crippen LogP contribution is 2.13. The Morgan fingerprint density at radius 2 is 0.569 bits per heavy atom. The molecule has 0 rings (SSSR count). The molecule has 6 heteroatoms. The molecule has 404 valence electrons. The van der Waals surface area contributed by atoms with Crippen LogP contribution in [0.1, 0.15) is 233 Å². The van der Waals surface area contributed by atoms with E-state index in [0.29, 0.717) is 19.3 Å². The Balaban J connectivity index is 4.21. The van der Waals surface area contributed by atoms with Gasteiger partial charge in [-0.25, -0.2) is 0 Å². The van der Waals surface area contributed by atoms with Crippen LogP contribution in [0.4, 0.5) is 0 Å². The third-order valence-electron chi connectivity index (χ3n) is 11.6. The number of hydrogen-bond acceptors (Lipinski definition) is 6. The predicted octanol–water partition coefficient (Wildman–Crippen LogP) is 19.6. The van der Waals surface area contributed by atoms with Gasteiger partial charge < -0.3 is 14.2 Å².